The zero-order valence-electron chi connectivity index (χ0n) is 13.6. The van der Waals surface area contributed by atoms with Gasteiger partial charge in [0.25, 0.3) is 5.91 Å². The molecule has 0 atom stereocenters. The predicted octanol–water partition coefficient (Wildman–Crippen LogP) is 2.64. The van der Waals surface area contributed by atoms with Crippen LogP contribution in [-0.4, -0.2) is 28.0 Å². The first-order valence-corrected chi connectivity index (χ1v) is 8.99. The Kier molecular flexibility index (Phi) is 5.94. The van der Waals surface area contributed by atoms with Crippen LogP contribution in [0.4, 0.5) is 5.69 Å². The number of anilines is 1. The molecule has 0 saturated carbocycles. The van der Waals surface area contributed by atoms with Crippen LogP contribution in [-0.2, 0) is 10.0 Å². The number of ether oxygens (including phenoxy) is 1. The van der Waals surface area contributed by atoms with E-state index in [1.54, 1.807) is 31.4 Å². The van der Waals surface area contributed by atoms with Crippen LogP contribution in [0.1, 0.15) is 23.7 Å². The zero-order chi connectivity index (χ0) is 17.6. The van der Waals surface area contributed by atoms with E-state index >= 15 is 0 Å². The number of nitrogens with one attached hydrogen (secondary N) is 2. The third-order valence-corrected chi connectivity index (χ3v) is 4.77. The second kappa shape index (κ2) is 7.94. The molecule has 2 aromatic rings. The number of hydrogen-bond acceptors (Lipinski definition) is 4. The third kappa shape index (κ3) is 4.56. The largest absolute Gasteiger partial charge is 0.497 e. The summed E-state index contributed by atoms with van der Waals surface area (Å²) in [5.41, 5.74) is 0.966. The molecule has 128 valence electrons. The number of sulfonamides is 1. The summed E-state index contributed by atoms with van der Waals surface area (Å²) in [6, 6.07) is 12.8. The number of carbonyl (C=O) groups is 1. The molecule has 0 spiro atoms. The Hall–Kier alpha value is -2.38. The van der Waals surface area contributed by atoms with Gasteiger partial charge in [0.2, 0.25) is 10.0 Å². The Morgan fingerprint density at radius 1 is 1.12 bits per heavy atom. The summed E-state index contributed by atoms with van der Waals surface area (Å²) in [4.78, 5) is 12.4. The number of benzene rings is 2. The first-order chi connectivity index (χ1) is 11.5. The maximum atomic E-state index is 12.2. The van der Waals surface area contributed by atoms with Gasteiger partial charge in [0.15, 0.2) is 0 Å². The van der Waals surface area contributed by atoms with E-state index in [2.05, 4.69) is 10.0 Å². The fourth-order valence-electron chi connectivity index (χ4n) is 2.01. The van der Waals surface area contributed by atoms with Crippen LogP contribution in [0.25, 0.3) is 0 Å². The highest BCUT2D eigenvalue weighted by Gasteiger charge is 2.14. The van der Waals surface area contributed by atoms with Crippen molar-refractivity contribution >= 4 is 21.6 Å². The predicted molar refractivity (Wildman–Crippen MR) is 92.9 cm³/mol. The first kappa shape index (κ1) is 18.0. The molecule has 0 saturated heterocycles. The highest BCUT2D eigenvalue weighted by Crippen LogP contribution is 2.18. The van der Waals surface area contributed by atoms with Crippen molar-refractivity contribution in [2.45, 2.75) is 18.2 Å². The second-order valence-corrected chi connectivity index (χ2v) is 6.88. The van der Waals surface area contributed by atoms with Crippen LogP contribution in [0.3, 0.4) is 0 Å². The van der Waals surface area contributed by atoms with Gasteiger partial charge < -0.3 is 10.1 Å². The van der Waals surface area contributed by atoms with Gasteiger partial charge in [0.05, 0.1) is 12.0 Å². The normalized spacial score (nSPS) is 11.1. The van der Waals surface area contributed by atoms with Crippen molar-refractivity contribution in [1.82, 2.24) is 4.72 Å². The fourth-order valence-corrected chi connectivity index (χ4v) is 3.14. The number of rotatable bonds is 7. The Bertz CT molecular complexity index is 802. The minimum absolute atomic E-state index is 0.133. The summed E-state index contributed by atoms with van der Waals surface area (Å²) in [5, 5.41) is 2.74. The van der Waals surface area contributed by atoms with Crippen LogP contribution in [0.5, 0.6) is 5.75 Å². The molecule has 0 fully saturated rings. The lowest BCUT2D eigenvalue weighted by Crippen LogP contribution is -2.24. The van der Waals surface area contributed by atoms with Gasteiger partial charge in [-0.1, -0.05) is 13.0 Å². The first-order valence-electron chi connectivity index (χ1n) is 7.51. The minimum Gasteiger partial charge on any atom is -0.497 e. The molecular formula is C17H20N2O4S. The number of amides is 1. The van der Waals surface area contributed by atoms with Crippen molar-refractivity contribution in [3.05, 3.63) is 54.1 Å². The summed E-state index contributed by atoms with van der Waals surface area (Å²) in [6.07, 6.45) is 0.709. The van der Waals surface area contributed by atoms with E-state index < -0.39 is 10.0 Å². The Morgan fingerprint density at radius 2 is 1.83 bits per heavy atom. The molecule has 0 aliphatic carbocycles. The van der Waals surface area contributed by atoms with Crippen LogP contribution < -0.4 is 14.8 Å². The monoisotopic (exact) mass is 348 g/mol. The molecule has 7 heteroatoms. The number of methoxy groups -OCH3 is 1. The van der Waals surface area contributed by atoms with Gasteiger partial charge in [0, 0.05) is 23.9 Å². The van der Waals surface area contributed by atoms with Crippen molar-refractivity contribution < 1.29 is 17.9 Å². The standard InChI is InChI=1S/C17H20N2O4S/c1-3-11-18-24(21,22)16-9-7-13(8-10-16)17(20)19-14-5-4-6-15(12-14)23-2/h4-10,12,18H,3,11H2,1-2H3,(H,19,20). The quantitative estimate of drug-likeness (QED) is 0.805. The SMILES string of the molecule is CCCNS(=O)(=O)c1ccc(C(=O)Nc2cccc(OC)c2)cc1. The van der Waals surface area contributed by atoms with Gasteiger partial charge in [-0.3, -0.25) is 4.79 Å². The topological polar surface area (TPSA) is 84.5 Å². The zero-order valence-corrected chi connectivity index (χ0v) is 14.4. The van der Waals surface area contributed by atoms with Gasteiger partial charge in [-0.25, -0.2) is 13.1 Å². The molecule has 2 aromatic carbocycles. The molecule has 0 aromatic heterocycles. The highest BCUT2D eigenvalue weighted by molar-refractivity contribution is 7.89. The molecule has 0 heterocycles. The molecule has 2 rings (SSSR count). The number of carbonyl (C=O) groups excluding carboxylic acids is 1. The maximum absolute atomic E-state index is 12.2. The van der Waals surface area contributed by atoms with Gasteiger partial charge in [0.1, 0.15) is 5.75 Å². The summed E-state index contributed by atoms with van der Waals surface area (Å²) in [6.45, 7) is 2.26. The Labute approximate surface area is 141 Å². The second-order valence-electron chi connectivity index (χ2n) is 5.11. The fraction of sp³-hybridized carbons (Fsp3) is 0.235. The van der Waals surface area contributed by atoms with Gasteiger partial charge in [-0.2, -0.15) is 0 Å². The molecule has 1 amide bonds. The molecule has 0 aliphatic heterocycles. The average molecular weight is 348 g/mol. The minimum atomic E-state index is -3.53. The molecule has 6 nitrogen and oxygen atoms in total. The van der Waals surface area contributed by atoms with Crippen molar-refractivity contribution in [2.75, 3.05) is 19.0 Å². The lowest BCUT2D eigenvalue weighted by Gasteiger charge is -2.08. The van der Waals surface area contributed by atoms with E-state index in [-0.39, 0.29) is 10.8 Å². The van der Waals surface area contributed by atoms with Gasteiger partial charge in [-0.15, -0.1) is 0 Å². The Balaban J connectivity index is 2.11. The van der Waals surface area contributed by atoms with Crippen LogP contribution in [0.2, 0.25) is 0 Å². The van der Waals surface area contributed by atoms with E-state index in [0.717, 1.165) is 0 Å². The summed E-state index contributed by atoms with van der Waals surface area (Å²) in [5.74, 6) is 0.310. The molecule has 24 heavy (non-hydrogen) atoms. The van der Waals surface area contributed by atoms with Gasteiger partial charge >= 0.3 is 0 Å². The molecule has 0 aliphatic rings. The Morgan fingerprint density at radius 3 is 2.46 bits per heavy atom. The average Bonchev–Trinajstić information content (AvgIpc) is 2.60. The van der Waals surface area contributed by atoms with E-state index in [9.17, 15) is 13.2 Å². The highest BCUT2D eigenvalue weighted by atomic mass is 32.2. The lowest BCUT2D eigenvalue weighted by atomic mass is 10.2. The van der Waals surface area contributed by atoms with Crippen molar-refractivity contribution in [3.63, 3.8) is 0 Å². The van der Waals surface area contributed by atoms with Crippen molar-refractivity contribution in [3.8, 4) is 5.75 Å². The van der Waals surface area contributed by atoms with E-state index in [4.69, 9.17) is 4.74 Å². The molecule has 0 unspecified atom stereocenters. The smallest absolute Gasteiger partial charge is 0.255 e. The number of hydrogen-bond donors (Lipinski definition) is 2. The van der Waals surface area contributed by atoms with Crippen LogP contribution in [0.15, 0.2) is 53.4 Å². The van der Waals surface area contributed by atoms with E-state index in [0.29, 0.717) is 30.0 Å². The summed E-state index contributed by atoms with van der Waals surface area (Å²) < 4.78 is 31.6. The van der Waals surface area contributed by atoms with E-state index in [1.807, 2.05) is 6.92 Å². The van der Waals surface area contributed by atoms with Gasteiger partial charge in [-0.05, 0) is 42.8 Å². The van der Waals surface area contributed by atoms with Crippen LogP contribution in [0, 0.1) is 0 Å². The molecule has 2 N–H and O–H groups in total. The summed E-state index contributed by atoms with van der Waals surface area (Å²) in [7, 11) is -1.98. The molecule has 0 bridgehead atoms. The van der Waals surface area contributed by atoms with Crippen LogP contribution >= 0.6 is 0 Å². The van der Waals surface area contributed by atoms with Crippen molar-refractivity contribution in [1.29, 1.82) is 0 Å². The molecule has 0 radical (unpaired) electrons. The van der Waals surface area contributed by atoms with Crippen molar-refractivity contribution in [2.24, 2.45) is 0 Å². The maximum Gasteiger partial charge on any atom is 0.255 e. The molecular weight excluding hydrogens is 328 g/mol. The van der Waals surface area contributed by atoms with E-state index in [1.165, 1.54) is 24.3 Å². The summed E-state index contributed by atoms with van der Waals surface area (Å²) >= 11 is 0. The lowest BCUT2D eigenvalue weighted by molar-refractivity contribution is 0.102. The third-order valence-electron chi connectivity index (χ3n) is 3.30.